The molecule has 0 aromatic heterocycles. The molecule has 1 aliphatic heterocycles. The molecule has 0 saturated heterocycles. The number of hydrogen-bond acceptors (Lipinski definition) is 6. The number of aliphatic hydroxyl groups excluding tert-OH is 2. The van der Waals surface area contributed by atoms with E-state index in [0.29, 0.717) is 23.3 Å². The zero-order valence-electron chi connectivity index (χ0n) is 19.4. The third-order valence-electron chi connectivity index (χ3n) is 6.36. The van der Waals surface area contributed by atoms with Gasteiger partial charge in [-0.3, -0.25) is 9.59 Å². The molecule has 1 aliphatic carbocycles. The summed E-state index contributed by atoms with van der Waals surface area (Å²) < 4.78 is 24.8. The molecule has 4 rings (SSSR count). The number of rotatable bonds is 9. The zero-order chi connectivity index (χ0) is 24.9. The quantitative estimate of drug-likeness (QED) is 0.493. The molecule has 2 aromatic rings. The van der Waals surface area contributed by atoms with Gasteiger partial charge in [0, 0.05) is 31.3 Å². The van der Waals surface area contributed by atoms with E-state index in [2.05, 4.69) is 5.32 Å². The molecule has 2 amide bonds. The standard InChI is InChI=1S/C26H29FN2O6/c1-34-15-22(31)29(11-9-16-5-4-6-17(27)13-16)20-14-19(26(33)28-10-12-30)23-18-7-2-3-8-21(18)35-25(23)24(20)32/h2-8,13-14,20,23-25,30,32H,9-12,15H2,1H3,(H,28,33). The van der Waals surface area contributed by atoms with Crippen LogP contribution in [-0.4, -0.2) is 78.6 Å². The Labute approximate surface area is 203 Å². The van der Waals surface area contributed by atoms with Crippen molar-refractivity contribution in [1.82, 2.24) is 10.2 Å². The van der Waals surface area contributed by atoms with E-state index in [4.69, 9.17) is 9.47 Å². The minimum atomic E-state index is -1.13. The molecule has 2 aromatic carbocycles. The molecule has 2 aliphatic rings. The van der Waals surface area contributed by atoms with Gasteiger partial charge in [0.2, 0.25) is 11.8 Å². The largest absolute Gasteiger partial charge is 0.486 e. The Kier molecular flexibility index (Phi) is 7.80. The van der Waals surface area contributed by atoms with E-state index in [9.17, 15) is 24.2 Å². The second kappa shape index (κ2) is 11.0. The summed E-state index contributed by atoms with van der Waals surface area (Å²) in [6, 6.07) is 12.5. The van der Waals surface area contributed by atoms with E-state index in [0.717, 1.165) is 5.56 Å². The van der Waals surface area contributed by atoms with Crippen LogP contribution in [0.1, 0.15) is 17.0 Å². The summed E-state index contributed by atoms with van der Waals surface area (Å²) >= 11 is 0. The summed E-state index contributed by atoms with van der Waals surface area (Å²) in [7, 11) is 1.40. The molecule has 9 heteroatoms. The smallest absolute Gasteiger partial charge is 0.249 e. The molecule has 0 bridgehead atoms. The lowest BCUT2D eigenvalue weighted by Gasteiger charge is -2.40. The second-order valence-electron chi connectivity index (χ2n) is 8.58. The SMILES string of the molecule is COCC(=O)N(CCc1cccc(F)c1)C1C=C(C(=O)NCCO)C2c3ccccc3OC2C1O. The van der Waals surface area contributed by atoms with Gasteiger partial charge in [-0.1, -0.05) is 30.3 Å². The van der Waals surface area contributed by atoms with Crippen LogP contribution in [0.3, 0.4) is 0 Å². The number of fused-ring (bicyclic) bond motifs is 3. The summed E-state index contributed by atoms with van der Waals surface area (Å²) in [4.78, 5) is 27.6. The summed E-state index contributed by atoms with van der Waals surface area (Å²) in [5.74, 6) is -1.13. The highest BCUT2D eigenvalue weighted by Gasteiger charge is 2.50. The molecule has 0 radical (unpaired) electrons. The number of carbonyl (C=O) groups excluding carboxylic acids is 2. The van der Waals surface area contributed by atoms with Crippen molar-refractivity contribution < 1.29 is 33.7 Å². The average Bonchev–Trinajstić information content (AvgIpc) is 3.24. The first kappa shape index (κ1) is 24.8. The van der Waals surface area contributed by atoms with E-state index in [-0.39, 0.29) is 38.0 Å². The topological polar surface area (TPSA) is 108 Å². The Morgan fingerprint density at radius 1 is 1.20 bits per heavy atom. The third kappa shape index (κ3) is 5.22. The maximum Gasteiger partial charge on any atom is 0.249 e. The fraction of sp³-hybridized carbons (Fsp3) is 0.385. The van der Waals surface area contributed by atoms with Gasteiger partial charge in [0.05, 0.1) is 18.6 Å². The monoisotopic (exact) mass is 484 g/mol. The minimum absolute atomic E-state index is 0.0647. The van der Waals surface area contributed by atoms with Crippen LogP contribution in [0.5, 0.6) is 5.75 Å². The first-order valence-corrected chi connectivity index (χ1v) is 11.5. The van der Waals surface area contributed by atoms with Crippen molar-refractivity contribution in [3.05, 3.63) is 77.1 Å². The van der Waals surface area contributed by atoms with E-state index in [1.165, 1.54) is 24.1 Å². The molecule has 186 valence electrons. The van der Waals surface area contributed by atoms with Crippen molar-refractivity contribution >= 4 is 11.8 Å². The van der Waals surface area contributed by atoms with Crippen LogP contribution in [0.4, 0.5) is 4.39 Å². The summed E-state index contributed by atoms with van der Waals surface area (Å²) in [5.41, 5.74) is 1.82. The van der Waals surface area contributed by atoms with Gasteiger partial charge in [-0.25, -0.2) is 4.39 Å². The number of halogens is 1. The van der Waals surface area contributed by atoms with Crippen molar-refractivity contribution in [2.75, 3.05) is 33.4 Å². The highest BCUT2D eigenvalue weighted by atomic mass is 19.1. The molecule has 0 spiro atoms. The Hall–Kier alpha value is -3.27. The highest BCUT2D eigenvalue weighted by Crippen LogP contribution is 2.47. The fourth-order valence-corrected chi connectivity index (χ4v) is 4.78. The number of nitrogens with one attached hydrogen (secondary N) is 1. The second-order valence-corrected chi connectivity index (χ2v) is 8.58. The summed E-state index contributed by atoms with van der Waals surface area (Å²) in [6.45, 7) is -0.214. The number of benzene rings is 2. The van der Waals surface area contributed by atoms with Gasteiger partial charge in [-0.05, 0) is 36.3 Å². The molecule has 8 nitrogen and oxygen atoms in total. The predicted octanol–water partition coefficient (Wildman–Crippen LogP) is 1.17. The fourth-order valence-electron chi connectivity index (χ4n) is 4.78. The van der Waals surface area contributed by atoms with Crippen molar-refractivity contribution in [3.8, 4) is 5.75 Å². The normalized spacial score (nSPS) is 22.5. The van der Waals surface area contributed by atoms with Crippen LogP contribution < -0.4 is 10.1 Å². The van der Waals surface area contributed by atoms with Gasteiger partial charge >= 0.3 is 0 Å². The molecule has 0 saturated carbocycles. The lowest BCUT2D eigenvalue weighted by Crippen LogP contribution is -2.56. The lowest BCUT2D eigenvalue weighted by molar-refractivity contribution is -0.141. The van der Waals surface area contributed by atoms with Crippen molar-refractivity contribution in [3.63, 3.8) is 0 Å². The van der Waals surface area contributed by atoms with Gasteiger partial charge < -0.3 is 29.9 Å². The van der Waals surface area contributed by atoms with Gasteiger partial charge in [0.15, 0.2) is 0 Å². The van der Waals surface area contributed by atoms with E-state index >= 15 is 0 Å². The lowest BCUT2D eigenvalue weighted by atomic mass is 9.77. The molecule has 1 heterocycles. The third-order valence-corrected chi connectivity index (χ3v) is 6.36. The zero-order valence-corrected chi connectivity index (χ0v) is 19.4. The Bertz CT molecular complexity index is 1110. The van der Waals surface area contributed by atoms with E-state index in [1.54, 1.807) is 24.3 Å². The molecule has 4 atom stereocenters. The number of para-hydroxylation sites is 1. The molecular formula is C26H29FN2O6. The number of aliphatic hydroxyl groups is 2. The van der Waals surface area contributed by atoms with Crippen LogP contribution in [0.2, 0.25) is 0 Å². The Morgan fingerprint density at radius 2 is 2.00 bits per heavy atom. The maximum absolute atomic E-state index is 13.7. The highest BCUT2D eigenvalue weighted by molar-refractivity contribution is 5.96. The summed E-state index contributed by atoms with van der Waals surface area (Å²) in [6.07, 6.45) is 0.0219. The molecule has 0 fully saturated rings. The number of amides is 2. The van der Waals surface area contributed by atoms with Crippen molar-refractivity contribution in [2.24, 2.45) is 0 Å². The number of hydrogen-bond donors (Lipinski definition) is 3. The molecule has 3 N–H and O–H groups in total. The van der Waals surface area contributed by atoms with Gasteiger partial charge in [0.25, 0.3) is 0 Å². The molecule has 4 unspecified atom stereocenters. The van der Waals surface area contributed by atoms with Crippen LogP contribution in [-0.2, 0) is 20.7 Å². The van der Waals surface area contributed by atoms with Crippen molar-refractivity contribution in [2.45, 2.75) is 30.6 Å². The molecular weight excluding hydrogens is 455 g/mol. The number of ether oxygens (including phenoxy) is 2. The number of nitrogens with zero attached hydrogens (tertiary/aromatic N) is 1. The number of carbonyl (C=O) groups is 2. The molecule has 35 heavy (non-hydrogen) atoms. The van der Waals surface area contributed by atoms with Crippen LogP contribution in [0.25, 0.3) is 0 Å². The van der Waals surface area contributed by atoms with Gasteiger partial charge in [0.1, 0.15) is 30.4 Å². The number of methoxy groups -OCH3 is 1. The first-order chi connectivity index (χ1) is 16.9. The maximum atomic E-state index is 13.7. The first-order valence-electron chi connectivity index (χ1n) is 11.5. The predicted molar refractivity (Wildman–Crippen MR) is 125 cm³/mol. The van der Waals surface area contributed by atoms with Crippen LogP contribution in [0.15, 0.2) is 60.2 Å². The van der Waals surface area contributed by atoms with Gasteiger partial charge in [-0.15, -0.1) is 0 Å². The Balaban J connectivity index is 1.69. The van der Waals surface area contributed by atoms with E-state index in [1.807, 2.05) is 18.2 Å². The minimum Gasteiger partial charge on any atom is -0.486 e. The van der Waals surface area contributed by atoms with Crippen LogP contribution in [0, 0.1) is 5.82 Å². The van der Waals surface area contributed by atoms with Crippen LogP contribution >= 0.6 is 0 Å². The van der Waals surface area contributed by atoms with Gasteiger partial charge in [-0.2, -0.15) is 0 Å². The average molecular weight is 485 g/mol. The van der Waals surface area contributed by atoms with E-state index < -0.39 is 30.1 Å². The Morgan fingerprint density at radius 3 is 2.74 bits per heavy atom. The summed E-state index contributed by atoms with van der Waals surface area (Å²) in [5, 5.41) is 23.2. The van der Waals surface area contributed by atoms with Crippen molar-refractivity contribution in [1.29, 1.82) is 0 Å².